The van der Waals surface area contributed by atoms with Gasteiger partial charge in [-0.15, -0.1) is 10.2 Å². The molecule has 7 nitrogen and oxygen atoms in total. The fraction of sp³-hybridized carbons (Fsp3) is 0.227. The number of benzene rings is 2. The Kier molecular flexibility index (Phi) is 8.02. The van der Waals surface area contributed by atoms with E-state index in [9.17, 15) is 0 Å². The number of aromatic nitrogens is 4. The lowest BCUT2D eigenvalue weighted by Crippen LogP contribution is -3.00. The van der Waals surface area contributed by atoms with Gasteiger partial charge in [0.15, 0.2) is 5.82 Å². The summed E-state index contributed by atoms with van der Waals surface area (Å²) in [5, 5.41) is 9.11. The monoisotopic (exact) mass is 497 g/mol. The molecule has 0 bridgehead atoms. The molecule has 0 atom stereocenters. The van der Waals surface area contributed by atoms with Crippen LogP contribution < -0.4 is 26.4 Å². The summed E-state index contributed by atoms with van der Waals surface area (Å²) >= 11 is 1.25. The second kappa shape index (κ2) is 10.9. The second-order valence-electron chi connectivity index (χ2n) is 6.88. The first-order chi connectivity index (χ1) is 14.7. The molecule has 31 heavy (non-hydrogen) atoms. The Hall–Kier alpha value is -2.91. The Morgan fingerprint density at radius 3 is 2.52 bits per heavy atom. The molecule has 0 N–H and O–H groups in total. The average Bonchev–Trinajstić information content (AvgIpc) is 3.43. The molecule has 2 heterocycles. The predicted octanol–water partition coefficient (Wildman–Crippen LogP) is 1.78. The number of likely N-dealkylation sites (N-methyl/N-ethyl adjacent to an activating group) is 1. The van der Waals surface area contributed by atoms with Gasteiger partial charge in [0.05, 0.1) is 19.3 Å². The van der Waals surface area contributed by atoms with E-state index in [2.05, 4.69) is 71.4 Å². The molecule has 0 saturated carbocycles. The maximum absolute atomic E-state index is 4.44. The van der Waals surface area contributed by atoms with E-state index in [4.69, 9.17) is 0 Å². The van der Waals surface area contributed by atoms with Gasteiger partial charge in [-0.05, 0) is 31.2 Å². The van der Waals surface area contributed by atoms with Crippen molar-refractivity contribution >= 4 is 28.0 Å². The first-order valence-electron chi connectivity index (χ1n) is 9.88. The van der Waals surface area contributed by atoms with E-state index in [1.165, 1.54) is 17.2 Å². The van der Waals surface area contributed by atoms with E-state index in [1.807, 2.05) is 49.5 Å². The van der Waals surface area contributed by atoms with E-state index < -0.39 is 0 Å². The van der Waals surface area contributed by atoms with Crippen LogP contribution >= 0.6 is 11.5 Å². The van der Waals surface area contributed by atoms with Crippen LogP contribution in [0.4, 0.5) is 16.5 Å². The zero-order valence-corrected chi connectivity index (χ0v) is 19.9. The van der Waals surface area contributed by atoms with Crippen LogP contribution in [-0.4, -0.2) is 27.0 Å². The first kappa shape index (κ1) is 22.8. The van der Waals surface area contributed by atoms with Crippen LogP contribution in [0.5, 0.6) is 0 Å². The van der Waals surface area contributed by atoms with Crippen molar-refractivity contribution < 1.29 is 21.5 Å². The summed E-state index contributed by atoms with van der Waals surface area (Å²) < 4.78 is 8.60. The van der Waals surface area contributed by atoms with Crippen molar-refractivity contribution in [1.29, 1.82) is 0 Å². The molecular formula is C22H24BrN7S. The zero-order chi connectivity index (χ0) is 20.8. The van der Waals surface area contributed by atoms with Gasteiger partial charge in [0.2, 0.25) is 11.5 Å². The lowest BCUT2D eigenvalue weighted by Gasteiger charge is -2.22. The number of rotatable bonds is 8. The maximum Gasteiger partial charge on any atom is 0.249 e. The molecule has 0 fully saturated rings. The number of azo groups is 1. The number of imidazole rings is 1. The molecule has 2 aromatic carbocycles. The third-order valence-corrected chi connectivity index (χ3v) is 5.35. The SMILES string of the molecule is CCN(CCn1cc[n+](C)c1)c1ccc(N=Nc2nc(-c3ccccc3)ns2)cc1.[Br-]. The van der Waals surface area contributed by atoms with E-state index in [0.29, 0.717) is 11.0 Å². The lowest BCUT2D eigenvalue weighted by molar-refractivity contribution is -0.671. The molecule has 0 radical (unpaired) electrons. The molecule has 0 spiro atoms. The second-order valence-corrected chi connectivity index (χ2v) is 7.61. The van der Waals surface area contributed by atoms with Crippen LogP contribution in [0.15, 0.2) is 83.5 Å². The Bertz CT molecular complexity index is 1110. The van der Waals surface area contributed by atoms with E-state index in [0.717, 1.165) is 30.9 Å². The number of nitrogens with zero attached hydrogens (tertiary/aromatic N) is 7. The lowest BCUT2D eigenvalue weighted by atomic mass is 10.2. The summed E-state index contributed by atoms with van der Waals surface area (Å²) in [7, 11) is 2.03. The molecular weight excluding hydrogens is 474 g/mol. The molecule has 2 aromatic heterocycles. The van der Waals surface area contributed by atoms with Crippen molar-refractivity contribution in [3.8, 4) is 11.4 Å². The molecule has 0 aliphatic rings. The number of halogens is 1. The minimum Gasteiger partial charge on any atom is -1.00 e. The smallest absolute Gasteiger partial charge is 0.249 e. The Balaban J connectivity index is 0.00000272. The van der Waals surface area contributed by atoms with Gasteiger partial charge >= 0.3 is 0 Å². The highest BCUT2D eigenvalue weighted by molar-refractivity contribution is 7.09. The minimum absolute atomic E-state index is 0. The van der Waals surface area contributed by atoms with Gasteiger partial charge < -0.3 is 21.9 Å². The summed E-state index contributed by atoms with van der Waals surface area (Å²) in [6, 6.07) is 18.0. The van der Waals surface area contributed by atoms with Gasteiger partial charge in [-0.25, -0.2) is 9.13 Å². The molecule has 0 saturated heterocycles. The fourth-order valence-electron chi connectivity index (χ4n) is 3.13. The third-order valence-electron chi connectivity index (χ3n) is 4.75. The van der Waals surface area contributed by atoms with Gasteiger partial charge in [-0.2, -0.15) is 9.36 Å². The first-order valence-corrected chi connectivity index (χ1v) is 10.7. The number of aryl methyl sites for hydroxylation is 1. The predicted molar refractivity (Wildman–Crippen MR) is 119 cm³/mol. The maximum atomic E-state index is 4.44. The molecule has 0 amide bonds. The molecule has 9 heteroatoms. The van der Waals surface area contributed by atoms with E-state index in [-0.39, 0.29) is 17.0 Å². The van der Waals surface area contributed by atoms with Crippen LogP contribution in [-0.2, 0) is 13.6 Å². The van der Waals surface area contributed by atoms with Crippen molar-refractivity contribution in [2.75, 3.05) is 18.0 Å². The topological polar surface area (TPSA) is 62.5 Å². The highest BCUT2D eigenvalue weighted by atomic mass is 79.9. The Morgan fingerprint density at radius 2 is 1.84 bits per heavy atom. The molecule has 160 valence electrons. The van der Waals surface area contributed by atoms with Crippen LogP contribution in [0, 0.1) is 0 Å². The highest BCUT2D eigenvalue weighted by Crippen LogP contribution is 2.26. The summed E-state index contributed by atoms with van der Waals surface area (Å²) in [4.78, 5) is 6.79. The van der Waals surface area contributed by atoms with Crippen molar-refractivity contribution in [1.82, 2.24) is 13.9 Å². The fourth-order valence-corrected chi connectivity index (χ4v) is 3.65. The van der Waals surface area contributed by atoms with Crippen LogP contribution in [0.3, 0.4) is 0 Å². The van der Waals surface area contributed by atoms with Crippen LogP contribution in [0.2, 0.25) is 0 Å². The highest BCUT2D eigenvalue weighted by Gasteiger charge is 2.08. The average molecular weight is 498 g/mol. The van der Waals surface area contributed by atoms with Crippen LogP contribution in [0.25, 0.3) is 11.4 Å². The Labute approximate surface area is 196 Å². The van der Waals surface area contributed by atoms with E-state index in [1.54, 1.807) is 0 Å². The molecule has 4 rings (SSSR count). The van der Waals surface area contributed by atoms with Crippen molar-refractivity contribution in [2.24, 2.45) is 17.3 Å². The zero-order valence-electron chi connectivity index (χ0n) is 17.5. The van der Waals surface area contributed by atoms with Gasteiger partial charge in [0.25, 0.3) is 0 Å². The normalized spacial score (nSPS) is 10.9. The van der Waals surface area contributed by atoms with Crippen LogP contribution in [0.1, 0.15) is 6.92 Å². The van der Waals surface area contributed by atoms with Gasteiger partial charge in [-0.3, -0.25) is 0 Å². The number of hydrogen-bond donors (Lipinski definition) is 0. The summed E-state index contributed by atoms with van der Waals surface area (Å²) in [5.41, 5.74) is 2.95. The Morgan fingerprint density at radius 1 is 1.06 bits per heavy atom. The van der Waals surface area contributed by atoms with Crippen molar-refractivity contribution in [2.45, 2.75) is 13.5 Å². The van der Waals surface area contributed by atoms with Gasteiger partial charge in [0, 0.05) is 29.3 Å². The number of hydrogen-bond acceptors (Lipinski definition) is 6. The number of anilines is 1. The standard InChI is InChI=1S/C22H24N7S.BrH/c1-3-29(16-15-28-14-13-27(2)17-28)20-11-9-19(10-12-20)24-25-22-23-21(26-30-22)18-7-5-4-6-8-18;/h4-14,17H,3,15-16H2,1-2H3;1H/q+1;/p-1. The minimum atomic E-state index is 0. The molecule has 0 unspecified atom stereocenters. The summed E-state index contributed by atoms with van der Waals surface area (Å²) in [5.74, 6) is 0.680. The summed E-state index contributed by atoms with van der Waals surface area (Å²) in [6.45, 7) is 5.00. The molecule has 0 aliphatic heterocycles. The quantitative estimate of drug-likeness (QED) is 0.275. The van der Waals surface area contributed by atoms with Crippen molar-refractivity contribution in [3.05, 3.63) is 73.3 Å². The van der Waals surface area contributed by atoms with E-state index >= 15 is 0 Å². The summed E-state index contributed by atoms with van der Waals surface area (Å²) in [6.07, 6.45) is 6.23. The largest absolute Gasteiger partial charge is 1.00 e. The molecule has 0 aliphatic carbocycles. The van der Waals surface area contributed by atoms with Gasteiger partial charge in [-0.1, -0.05) is 30.3 Å². The van der Waals surface area contributed by atoms with Crippen molar-refractivity contribution in [3.63, 3.8) is 0 Å². The molecule has 4 aromatic rings. The van der Waals surface area contributed by atoms with Gasteiger partial charge in [0.1, 0.15) is 18.9 Å². The third kappa shape index (κ3) is 6.05.